The molecule has 3 heterocycles. The van der Waals surface area contributed by atoms with Gasteiger partial charge in [0, 0.05) is 18.1 Å². The Balaban J connectivity index is 1.49. The largest absolute Gasteiger partial charge is 0.467 e. The summed E-state index contributed by atoms with van der Waals surface area (Å²) in [6, 6.07) is 7.93. The van der Waals surface area contributed by atoms with Gasteiger partial charge >= 0.3 is 0 Å². The zero-order valence-electron chi connectivity index (χ0n) is 15.3. The molecular weight excluding hydrogens is 328 g/mol. The number of carbonyl (C=O) groups is 1. The third-order valence-corrected chi connectivity index (χ3v) is 5.80. The van der Waals surface area contributed by atoms with Crippen molar-refractivity contribution in [2.45, 2.75) is 50.6 Å². The highest BCUT2D eigenvalue weighted by atomic mass is 16.5. The predicted octanol–water partition coefficient (Wildman–Crippen LogP) is 2.53. The van der Waals surface area contributed by atoms with Crippen LogP contribution in [0.2, 0.25) is 0 Å². The van der Waals surface area contributed by atoms with Crippen LogP contribution in [0.5, 0.6) is 5.88 Å². The number of likely N-dealkylation sites (tertiary alicyclic amines) is 1. The van der Waals surface area contributed by atoms with E-state index in [-0.39, 0.29) is 24.1 Å². The molecule has 0 spiro atoms. The molecule has 0 saturated carbocycles. The lowest BCUT2D eigenvalue weighted by molar-refractivity contribution is -0.139. The van der Waals surface area contributed by atoms with Crippen LogP contribution >= 0.6 is 0 Å². The Morgan fingerprint density at radius 3 is 3.12 bits per heavy atom. The molecule has 1 amide bonds. The Morgan fingerprint density at radius 1 is 1.31 bits per heavy atom. The van der Waals surface area contributed by atoms with Crippen molar-refractivity contribution in [1.29, 1.82) is 0 Å². The Bertz CT molecular complexity index is 791. The molecule has 0 unspecified atom stereocenters. The topological polar surface area (TPSA) is 67.4 Å². The average molecular weight is 354 g/mol. The van der Waals surface area contributed by atoms with Gasteiger partial charge in [-0.25, -0.2) is 9.97 Å². The molecule has 138 valence electrons. The number of nitrogens with zero attached hydrogens (tertiary/aromatic N) is 3. The van der Waals surface area contributed by atoms with Crippen molar-refractivity contribution >= 4 is 16.8 Å². The third kappa shape index (κ3) is 3.26. The molecule has 4 rings (SSSR count). The highest BCUT2D eigenvalue weighted by Crippen LogP contribution is 2.33. The van der Waals surface area contributed by atoms with Crippen molar-refractivity contribution in [2.75, 3.05) is 19.7 Å². The quantitative estimate of drug-likeness (QED) is 0.917. The second-order valence-electron chi connectivity index (χ2n) is 7.53. The average Bonchev–Trinajstić information content (AvgIpc) is 2.87. The minimum absolute atomic E-state index is 0.0199. The standard InChI is InChI=1S/C20H26N4O2/c1-20-10-6-12-24(17(20)9-4-5-11-23-20)18(25)13-26-19-15-7-2-3-8-16(15)21-14-22-19/h2-3,7-8,14,17,23H,4-6,9-13H2,1H3/t17-,20-/m0/s1. The summed E-state index contributed by atoms with van der Waals surface area (Å²) < 4.78 is 5.82. The number of nitrogens with one attached hydrogen (secondary N) is 1. The van der Waals surface area contributed by atoms with Gasteiger partial charge in [0.25, 0.3) is 5.91 Å². The summed E-state index contributed by atoms with van der Waals surface area (Å²) in [4.78, 5) is 23.4. The van der Waals surface area contributed by atoms with Crippen molar-refractivity contribution < 1.29 is 9.53 Å². The van der Waals surface area contributed by atoms with Gasteiger partial charge in [-0.15, -0.1) is 0 Å². The number of carbonyl (C=O) groups excluding carboxylic acids is 1. The molecule has 2 fully saturated rings. The summed E-state index contributed by atoms with van der Waals surface area (Å²) in [6.07, 6.45) is 7.04. The lowest BCUT2D eigenvalue weighted by Crippen LogP contribution is -2.63. The van der Waals surface area contributed by atoms with Gasteiger partial charge in [0.2, 0.25) is 5.88 Å². The highest BCUT2D eigenvalue weighted by Gasteiger charge is 2.43. The van der Waals surface area contributed by atoms with E-state index in [9.17, 15) is 4.79 Å². The molecule has 0 bridgehead atoms. The van der Waals surface area contributed by atoms with E-state index in [1.165, 1.54) is 12.7 Å². The highest BCUT2D eigenvalue weighted by molar-refractivity contribution is 5.84. The summed E-state index contributed by atoms with van der Waals surface area (Å²) in [5.74, 6) is 0.523. The van der Waals surface area contributed by atoms with Crippen LogP contribution in [-0.4, -0.2) is 52.1 Å². The Hall–Kier alpha value is -2.21. The molecule has 1 aromatic heterocycles. The van der Waals surface area contributed by atoms with Crippen LogP contribution in [0.25, 0.3) is 10.9 Å². The molecule has 2 aliphatic rings. The second-order valence-corrected chi connectivity index (χ2v) is 7.53. The van der Waals surface area contributed by atoms with Crippen molar-refractivity contribution in [2.24, 2.45) is 0 Å². The third-order valence-electron chi connectivity index (χ3n) is 5.80. The number of fused-ring (bicyclic) bond motifs is 2. The molecule has 2 aliphatic heterocycles. The molecule has 6 nitrogen and oxygen atoms in total. The molecule has 6 heteroatoms. The van der Waals surface area contributed by atoms with Crippen molar-refractivity contribution in [3.63, 3.8) is 0 Å². The summed E-state index contributed by atoms with van der Waals surface area (Å²) in [7, 11) is 0. The van der Waals surface area contributed by atoms with Crippen molar-refractivity contribution in [3.8, 4) is 5.88 Å². The van der Waals surface area contributed by atoms with Gasteiger partial charge in [-0.1, -0.05) is 18.6 Å². The Kier molecular flexibility index (Phi) is 4.76. The van der Waals surface area contributed by atoms with Crippen molar-refractivity contribution in [3.05, 3.63) is 30.6 Å². The van der Waals surface area contributed by atoms with E-state index in [4.69, 9.17) is 4.74 Å². The summed E-state index contributed by atoms with van der Waals surface area (Å²) in [5.41, 5.74) is 0.843. The minimum atomic E-state index is 0.0199. The van der Waals surface area contributed by atoms with Crippen LogP contribution in [0.15, 0.2) is 30.6 Å². The van der Waals surface area contributed by atoms with E-state index in [0.717, 1.165) is 49.7 Å². The number of rotatable bonds is 3. The van der Waals surface area contributed by atoms with Gasteiger partial charge in [-0.3, -0.25) is 4.79 Å². The van der Waals surface area contributed by atoms with Gasteiger partial charge < -0.3 is 15.0 Å². The number of ether oxygens (including phenoxy) is 1. The first-order chi connectivity index (χ1) is 12.7. The zero-order chi connectivity index (χ0) is 18.0. The first kappa shape index (κ1) is 17.2. The summed E-state index contributed by atoms with van der Waals surface area (Å²) in [5, 5.41) is 4.52. The number of hydrogen-bond acceptors (Lipinski definition) is 5. The van der Waals surface area contributed by atoms with Gasteiger partial charge in [0.05, 0.1) is 10.9 Å². The smallest absolute Gasteiger partial charge is 0.260 e. The van der Waals surface area contributed by atoms with Gasteiger partial charge in [0.15, 0.2) is 6.61 Å². The molecule has 2 atom stereocenters. The number of hydrogen-bond donors (Lipinski definition) is 1. The van der Waals surface area contributed by atoms with Crippen LogP contribution in [0.3, 0.4) is 0 Å². The van der Waals surface area contributed by atoms with E-state index in [1.54, 1.807) is 0 Å². The van der Waals surface area contributed by atoms with E-state index >= 15 is 0 Å². The van der Waals surface area contributed by atoms with E-state index in [2.05, 4.69) is 22.2 Å². The maximum absolute atomic E-state index is 12.9. The van der Waals surface area contributed by atoms with Crippen LogP contribution in [0, 0.1) is 0 Å². The normalized spacial score (nSPS) is 26.2. The number of aromatic nitrogens is 2. The van der Waals surface area contributed by atoms with Gasteiger partial charge in [-0.05, 0) is 51.3 Å². The van der Waals surface area contributed by atoms with Gasteiger partial charge in [0.1, 0.15) is 6.33 Å². The predicted molar refractivity (Wildman–Crippen MR) is 100 cm³/mol. The SMILES string of the molecule is C[C@]12CCCN(C(=O)COc3ncnc4ccccc34)[C@H]1CCCCN2. The van der Waals surface area contributed by atoms with E-state index in [1.807, 2.05) is 29.2 Å². The monoisotopic (exact) mass is 354 g/mol. The second kappa shape index (κ2) is 7.19. The fourth-order valence-corrected chi connectivity index (χ4v) is 4.41. The first-order valence-electron chi connectivity index (χ1n) is 9.54. The van der Waals surface area contributed by atoms with E-state index in [0.29, 0.717) is 5.88 Å². The lowest BCUT2D eigenvalue weighted by atomic mass is 9.81. The Morgan fingerprint density at radius 2 is 2.19 bits per heavy atom. The molecule has 0 radical (unpaired) electrons. The summed E-state index contributed by atoms with van der Waals surface area (Å²) in [6.45, 7) is 4.14. The molecular formula is C20H26N4O2. The minimum Gasteiger partial charge on any atom is -0.467 e. The molecule has 1 N–H and O–H groups in total. The number of amides is 1. The van der Waals surface area contributed by atoms with E-state index < -0.39 is 0 Å². The fourth-order valence-electron chi connectivity index (χ4n) is 4.41. The van der Waals surface area contributed by atoms with Crippen LogP contribution in [-0.2, 0) is 4.79 Å². The number of para-hydroxylation sites is 1. The maximum atomic E-state index is 12.9. The fraction of sp³-hybridized carbons (Fsp3) is 0.550. The molecule has 1 aromatic carbocycles. The van der Waals surface area contributed by atoms with Crippen LogP contribution < -0.4 is 10.1 Å². The number of benzene rings is 1. The first-order valence-corrected chi connectivity index (χ1v) is 9.54. The maximum Gasteiger partial charge on any atom is 0.260 e. The van der Waals surface area contributed by atoms with Crippen LogP contribution in [0.4, 0.5) is 0 Å². The molecule has 26 heavy (non-hydrogen) atoms. The van der Waals surface area contributed by atoms with Crippen molar-refractivity contribution in [1.82, 2.24) is 20.2 Å². The molecule has 2 aromatic rings. The Labute approximate surface area is 154 Å². The summed E-state index contributed by atoms with van der Waals surface area (Å²) >= 11 is 0. The molecule has 0 aliphatic carbocycles. The molecule has 2 saturated heterocycles. The van der Waals surface area contributed by atoms with Crippen LogP contribution in [0.1, 0.15) is 39.0 Å². The lowest BCUT2D eigenvalue weighted by Gasteiger charge is -2.48. The zero-order valence-corrected chi connectivity index (χ0v) is 15.3. The van der Waals surface area contributed by atoms with Gasteiger partial charge in [-0.2, -0.15) is 0 Å². The number of piperidine rings is 1.